The third-order valence-electron chi connectivity index (χ3n) is 9.80. The summed E-state index contributed by atoms with van der Waals surface area (Å²) in [6.45, 7) is 0. The molecule has 224 valence electrons. The Morgan fingerprint density at radius 3 is 1.56 bits per heavy atom. The molecule has 2 aromatic heterocycles. The van der Waals surface area contributed by atoms with Crippen molar-refractivity contribution in [3.05, 3.63) is 176 Å². The molecule has 0 atom stereocenters. The average Bonchev–Trinajstić information content (AvgIpc) is 3.73. The van der Waals surface area contributed by atoms with E-state index in [1.165, 1.54) is 49.1 Å². The summed E-state index contributed by atoms with van der Waals surface area (Å²) < 4.78 is 9.25. The van der Waals surface area contributed by atoms with Gasteiger partial charge in [-0.05, 0) is 63.2 Å². The molecule has 48 heavy (non-hydrogen) atoms. The van der Waals surface area contributed by atoms with Crippen LogP contribution in [0.2, 0.25) is 0 Å². The molecule has 0 amide bonds. The fourth-order valence-corrected chi connectivity index (χ4v) is 7.64. The molecule has 0 saturated heterocycles. The highest BCUT2D eigenvalue weighted by atomic mass is 16.3. The zero-order chi connectivity index (χ0) is 31.6. The van der Waals surface area contributed by atoms with Crippen molar-refractivity contribution in [2.24, 2.45) is 0 Å². The van der Waals surface area contributed by atoms with E-state index in [0.717, 1.165) is 44.5 Å². The Morgan fingerprint density at radius 1 is 0.354 bits per heavy atom. The van der Waals surface area contributed by atoms with Crippen molar-refractivity contribution in [1.29, 1.82) is 0 Å². The summed E-state index contributed by atoms with van der Waals surface area (Å²) in [5, 5.41) is 8.43. The quantitative estimate of drug-likeness (QED) is 0.181. The van der Waals surface area contributed by atoms with Crippen molar-refractivity contribution in [3.8, 4) is 39.3 Å². The molecule has 0 aliphatic rings. The molecule has 0 unspecified atom stereocenters. The summed E-state index contributed by atoms with van der Waals surface area (Å²) in [5.41, 5.74) is 10.3. The number of nitrogens with zero attached hydrogens (tertiary/aromatic N) is 1. The van der Waals surface area contributed by atoms with Crippen LogP contribution < -0.4 is 0 Å². The Morgan fingerprint density at radius 2 is 0.896 bits per heavy atom. The second kappa shape index (κ2) is 10.6. The van der Waals surface area contributed by atoms with Crippen LogP contribution in [0.4, 0.5) is 0 Å². The van der Waals surface area contributed by atoms with Crippen molar-refractivity contribution in [2.75, 3.05) is 0 Å². The Bertz CT molecular complexity index is 2750. The predicted molar refractivity (Wildman–Crippen MR) is 202 cm³/mol. The molecule has 0 radical (unpaired) electrons. The van der Waals surface area contributed by atoms with Gasteiger partial charge in [0, 0.05) is 38.4 Å². The third-order valence-corrected chi connectivity index (χ3v) is 9.80. The SMILES string of the molecule is c1ccc(-c2oc3c4ccccc4c4cc(-c5ccc(-n6c7ccccc7c7ccccc76)cc5)ccc4c3c2-c2ccccc2)cc1. The fourth-order valence-electron chi connectivity index (χ4n) is 7.64. The maximum atomic E-state index is 6.88. The van der Waals surface area contributed by atoms with Crippen LogP contribution >= 0.6 is 0 Å². The molecule has 0 bridgehead atoms. The number of hydrogen-bond acceptors (Lipinski definition) is 1. The smallest absolute Gasteiger partial charge is 0.143 e. The minimum atomic E-state index is 0.902. The first kappa shape index (κ1) is 26.8. The lowest BCUT2D eigenvalue weighted by molar-refractivity contribution is 0.636. The molecular weight excluding hydrogens is 583 g/mol. The van der Waals surface area contributed by atoms with Crippen LogP contribution in [0.15, 0.2) is 180 Å². The van der Waals surface area contributed by atoms with Crippen LogP contribution in [-0.4, -0.2) is 4.57 Å². The molecule has 2 heteroatoms. The highest BCUT2D eigenvalue weighted by Crippen LogP contribution is 2.47. The second-order valence-corrected chi connectivity index (χ2v) is 12.5. The maximum absolute atomic E-state index is 6.88. The van der Waals surface area contributed by atoms with Gasteiger partial charge in [-0.25, -0.2) is 0 Å². The summed E-state index contributed by atoms with van der Waals surface area (Å²) in [4.78, 5) is 0. The minimum Gasteiger partial charge on any atom is -0.455 e. The molecule has 10 aromatic rings. The molecule has 0 fully saturated rings. The van der Waals surface area contributed by atoms with Crippen LogP contribution in [0.3, 0.4) is 0 Å². The van der Waals surface area contributed by atoms with Gasteiger partial charge >= 0.3 is 0 Å². The molecule has 0 aliphatic heterocycles. The first-order chi connectivity index (χ1) is 23.8. The van der Waals surface area contributed by atoms with Crippen LogP contribution in [0.25, 0.3) is 93.6 Å². The monoisotopic (exact) mass is 611 g/mol. The van der Waals surface area contributed by atoms with Crippen molar-refractivity contribution in [1.82, 2.24) is 4.57 Å². The van der Waals surface area contributed by atoms with Gasteiger partial charge in [0.05, 0.1) is 11.0 Å². The molecule has 2 nitrogen and oxygen atoms in total. The van der Waals surface area contributed by atoms with Gasteiger partial charge in [-0.3, -0.25) is 0 Å². The van der Waals surface area contributed by atoms with E-state index in [4.69, 9.17) is 4.42 Å². The topological polar surface area (TPSA) is 18.1 Å². The summed E-state index contributed by atoms with van der Waals surface area (Å²) in [6, 6.07) is 63.0. The lowest BCUT2D eigenvalue weighted by Gasteiger charge is -2.12. The largest absolute Gasteiger partial charge is 0.455 e. The third kappa shape index (κ3) is 4.00. The van der Waals surface area contributed by atoms with Gasteiger partial charge < -0.3 is 8.98 Å². The van der Waals surface area contributed by atoms with Crippen LogP contribution in [0.5, 0.6) is 0 Å². The van der Waals surface area contributed by atoms with Crippen molar-refractivity contribution < 1.29 is 4.42 Å². The van der Waals surface area contributed by atoms with Gasteiger partial charge in [-0.1, -0.05) is 146 Å². The molecular formula is C46H29NO. The number of hydrogen-bond donors (Lipinski definition) is 0. The van der Waals surface area contributed by atoms with E-state index >= 15 is 0 Å². The Kier molecular flexibility index (Phi) is 5.91. The van der Waals surface area contributed by atoms with E-state index in [1.807, 2.05) is 0 Å². The highest BCUT2D eigenvalue weighted by Gasteiger charge is 2.23. The van der Waals surface area contributed by atoms with E-state index in [2.05, 4.69) is 180 Å². The summed E-state index contributed by atoms with van der Waals surface area (Å²) in [6.07, 6.45) is 0. The minimum absolute atomic E-state index is 0.902. The van der Waals surface area contributed by atoms with Crippen LogP contribution in [0.1, 0.15) is 0 Å². The lowest BCUT2D eigenvalue weighted by Crippen LogP contribution is -1.93. The molecule has 0 aliphatic carbocycles. The number of rotatable bonds is 4. The Balaban J connectivity index is 1.19. The first-order valence-corrected chi connectivity index (χ1v) is 16.4. The normalized spacial score (nSPS) is 11.8. The van der Waals surface area contributed by atoms with Gasteiger partial charge in [-0.2, -0.15) is 0 Å². The predicted octanol–water partition coefficient (Wildman–Crippen LogP) is 12.8. The average molecular weight is 612 g/mol. The number of aromatic nitrogens is 1. The van der Waals surface area contributed by atoms with E-state index in [9.17, 15) is 0 Å². The summed E-state index contributed by atoms with van der Waals surface area (Å²) in [5.74, 6) is 0.902. The van der Waals surface area contributed by atoms with Crippen molar-refractivity contribution >= 4 is 54.3 Å². The van der Waals surface area contributed by atoms with Crippen LogP contribution in [0, 0.1) is 0 Å². The van der Waals surface area contributed by atoms with Crippen LogP contribution in [-0.2, 0) is 0 Å². The van der Waals surface area contributed by atoms with Crippen molar-refractivity contribution in [2.45, 2.75) is 0 Å². The van der Waals surface area contributed by atoms with Gasteiger partial charge in [0.2, 0.25) is 0 Å². The number of furan rings is 1. The summed E-state index contributed by atoms with van der Waals surface area (Å²) >= 11 is 0. The van der Waals surface area contributed by atoms with E-state index in [-0.39, 0.29) is 0 Å². The molecule has 8 aromatic carbocycles. The summed E-state index contributed by atoms with van der Waals surface area (Å²) in [7, 11) is 0. The zero-order valence-corrected chi connectivity index (χ0v) is 26.1. The molecule has 10 rings (SSSR count). The van der Waals surface area contributed by atoms with E-state index < -0.39 is 0 Å². The highest BCUT2D eigenvalue weighted by molar-refractivity contribution is 6.29. The van der Waals surface area contributed by atoms with Gasteiger partial charge in [-0.15, -0.1) is 0 Å². The molecule has 2 heterocycles. The fraction of sp³-hybridized carbons (Fsp3) is 0. The second-order valence-electron chi connectivity index (χ2n) is 12.5. The van der Waals surface area contributed by atoms with Crippen molar-refractivity contribution in [3.63, 3.8) is 0 Å². The maximum Gasteiger partial charge on any atom is 0.143 e. The molecule has 0 N–H and O–H groups in total. The number of para-hydroxylation sites is 2. The molecule has 0 spiro atoms. The lowest BCUT2D eigenvalue weighted by atomic mass is 9.91. The molecule has 0 saturated carbocycles. The van der Waals surface area contributed by atoms with Gasteiger partial charge in [0.1, 0.15) is 11.3 Å². The Hall–Kier alpha value is -6.38. The first-order valence-electron chi connectivity index (χ1n) is 16.4. The van der Waals surface area contributed by atoms with Gasteiger partial charge in [0.15, 0.2) is 0 Å². The number of fused-ring (bicyclic) bond motifs is 9. The Labute approximate surface area is 277 Å². The van der Waals surface area contributed by atoms with E-state index in [1.54, 1.807) is 0 Å². The van der Waals surface area contributed by atoms with E-state index in [0.29, 0.717) is 0 Å². The number of benzene rings is 8. The van der Waals surface area contributed by atoms with Gasteiger partial charge in [0.25, 0.3) is 0 Å². The zero-order valence-electron chi connectivity index (χ0n) is 26.1. The standard InChI is InChI=1S/C46H29NO/c1-3-13-31(14-4-1)43-44-38-28-25-33(29-40(38)35-17-7-8-20-39(35)46(44)48-45(43)32-15-5-2-6-16-32)30-23-26-34(27-24-30)47-41-21-11-9-18-36(41)37-19-10-12-22-42(37)47/h1-29H.